The van der Waals surface area contributed by atoms with Gasteiger partial charge in [0.05, 0.1) is 0 Å². The molecule has 1 nitrogen and oxygen atoms in total. The Bertz CT molecular complexity index is 387. The van der Waals surface area contributed by atoms with Crippen LogP contribution >= 0.6 is 11.8 Å². The van der Waals surface area contributed by atoms with Crippen LogP contribution in [0.2, 0.25) is 0 Å². The van der Waals surface area contributed by atoms with E-state index in [1.807, 2.05) is 13.8 Å². The SMILES string of the molecule is CC.CC1CCC[C@](C)(C2CCCC(C3CCSC3)C2)CC(=O)C1. The minimum atomic E-state index is 0.307. The van der Waals surface area contributed by atoms with Crippen LogP contribution in [0.25, 0.3) is 0 Å². The Hall–Kier alpha value is 0.0200. The van der Waals surface area contributed by atoms with Gasteiger partial charge in [0.2, 0.25) is 0 Å². The summed E-state index contributed by atoms with van der Waals surface area (Å²) < 4.78 is 0. The monoisotopic (exact) mass is 352 g/mol. The molecule has 0 spiro atoms. The lowest BCUT2D eigenvalue weighted by Gasteiger charge is -2.44. The molecule has 0 radical (unpaired) electrons. The van der Waals surface area contributed by atoms with Crippen molar-refractivity contribution in [3.8, 4) is 0 Å². The smallest absolute Gasteiger partial charge is 0.133 e. The maximum Gasteiger partial charge on any atom is 0.133 e. The molecule has 0 amide bonds. The molecule has 2 aliphatic carbocycles. The predicted molar refractivity (Wildman–Crippen MR) is 108 cm³/mol. The topological polar surface area (TPSA) is 17.1 Å². The maximum absolute atomic E-state index is 12.4. The number of carbonyl (C=O) groups is 1. The van der Waals surface area contributed by atoms with Gasteiger partial charge in [0.1, 0.15) is 5.78 Å². The van der Waals surface area contributed by atoms with Gasteiger partial charge in [-0.15, -0.1) is 0 Å². The molecule has 140 valence electrons. The van der Waals surface area contributed by atoms with Crippen LogP contribution in [0, 0.1) is 29.1 Å². The van der Waals surface area contributed by atoms with E-state index in [2.05, 4.69) is 25.6 Å². The van der Waals surface area contributed by atoms with Crippen LogP contribution in [0.3, 0.4) is 0 Å². The van der Waals surface area contributed by atoms with Gasteiger partial charge in [-0.05, 0) is 66.3 Å². The van der Waals surface area contributed by atoms with Crippen molar-refractivity contribution in [3.63, 3.8) is 0 Å². The number of rotatable bonds is 2. The van der Waals surface area contributed by atoms with Gasteiger partial charge in [-0.1, -0.05) is 53.4 Å². The Morgan fingerprint density at radius 3 is 2.54 bits per heavy atom. The molecule has 0 aromatic heterocycles. The second-order valence-corrected chi connectivity index (χ2v) is 9.97. The zero-order chi connectivity index (χ0) is 17.6. The average Bonchev–Trinajstić information content (AvgIpc) is 3.10. The molecular formula is C22H40OS. The highest BCUT2D eigenvalue weighted by atomic mass is 32.2. The largest absolute Gasteiger partial charge is 0.300 e. The molecule has 1 aliphatic heterocycles. The molecule has 1 saturated heterocycles. The van der Waals surface area contributed by atoms with Crippen LogP contribution < -0.4 is 0 Å². The van der Waals surface area contributed by atoms with Crippen molar-refractivity contribution in [1.29, 1.82) is 0 Å². The van der Waals surface area contributed by atoms with Crippen molar-refractivity contribution in [3.05, 3.63) is 0 Å². The van der Waals surface area contributed by atoms with Crippen molar-refractivity contribution in [2.75, 3.05) is 11.5 Å². The molecule has 0 bridgehead atoms. The summed E-state index contributed by atoms with van der Waals surface area (Å²) in [6.07, 6.45) is 12.7. The fourth-order valence-electron chi connectivity index (χ4n) is 5.52. The van der Waals surface area contributed by atoms with Crippen molar-refractivity contribution < 1.29 is 4.79 Å². The third-order valence-corrected chi connectivity index (χ3v) is 8.14. The van der Waals surface area contributed by atoms with Gasteiger partial charge in [-0.3, -0.25) is 4.79 Å². The van der Waals surface area contributed by atoms with E-state index in [1.165, 1.54) is 62.9 Å². The van der Waals surface area contributed by atoms with Gasteiger partial charge in [-0.2, -0.15) is 11.8 Å². The van der Waals surface area contributed by atoms with Crippen LogP contribution in [0.1, 0.15) is 91.9 Å². The van der Waals surface area contributed by atoms with Crippen LogP contribution in [0.5, 0.6) is 0 Å². The van der Waals surface area contributed by atoms with Gasteiger partial charge in [0.15, 0.2) is 0 Å². The van der Waals surface area contributed by atoms with Crippen molar-refractivity contribution in [1.82, 2.24) is 0 Å². The summed E-state index contributed by atoms with van der Waals surface area (Å²) in [4.78, 5) is 12.4. The molecule has 1 heterocycles. The Labute approximate surface area is 155 Å². The van der Waals surface area contributed by atoms with Gasteiger partial charge in [0.25, 0.3) is 0 Å². The molecule has 0 N–H and O–H groups in total. The Morgan fingerprint density at radius 2 is 1.83 bits per heavy atom. The fraction of sp³-hybridized carbons (Fsp3) is 0.955. The summed E-state index contributed by atoms with van der Waals surface area (Å²) in [6, 6.07) is 0. The van der Waals surface area contributed by atoms with Crippen molar-refractivity contribution in [2.24, 2.45) is 29.1 Å². The molecule has 3 aliphatic rings. The minimum absolute atomic E-state index is 0.307. The van der Waals surface area contributed by atoms with Gasteiger partial charge in [-0.25, -0.2) is 0 Å². The van der Waals surface area contributed by atoms with E-state index >= 15 is 0 Å². The average molecular weight is 353 g/mol. The second-order valence-electron chi connectivity index (χ2n) is 8.82. The first kappa shape index (κ1) is 20.3. The normalized spacial score (nSPS) is 41.1. The first-order valence-electron chi connectivity index (χ1n) is 10.7. The lowest BCUT2D eigenvalue weighted by atomic mass is 9.60. The van der Waals surface area contributed by atoms with Crippen LogP contribution in [-0.2, 0) is 4.79 Å². The van der Waals surface area contributed by atoms with Crippen LogP contribution in [0.4, 0.5) is 0 Å². The van der Waals surface area contributed by atoms with Crippen LogP contribution in [0.15, 0.2) is 0 Å². The van der Waals surface area contributed by atoms with Gasteiger partial charge >= 0.3 is 0 Å². The highest BCUT2D eigenvalue weighted by Crippen LogP contribution is 2.50. The number of Topliss-reactive ketones (excluding diaryl/α,β-unsaturated/α-hetero) is 1. The maximum atomic E-state index is 12.4. The summed E-state index contributed by atoms with van der Waals surface area (Å²) in [5, 5.41) is 0. The number of thioether (sulfide) groups is 1. The highest BCUT2D eigenvalue weighted by Gasteiger charge is 2.41. The number of hydrogen-bond acceptors (Lipinski definition) is 2. The minimum Gasteiger partial charge on any atom is -0.300 e. The zero-order valence-electron chi connectivity index (χ0n) is 16.6. The fourth-order valence-corrected chi connectivity index (χ4v) is 6.90. The molecule has 2 saturated carbocycles. The van der Waals surface area contributed by atoms with Gasteiger partial charge < -0.3 is 0 Å². The molecule has 3 fully saturated rings. The quantitative estimate of drug-likeness (QED) is 0.547. The Morgan fingerprint density at radius 1 is 1.04 bits per heavy atom. The summed E-state index contributed by atoms with van der Waals surface area (Å²) in [6.45, 7) is 8.71. The van der Waals surface area contributed by atoms with E-state index in [0.29, 0.717) is 17.1 Å². The molecule has 5 atom stereocenters. The summed E-state index contributed by atoms with van der Waals surface area (Å²) in [5.74, 6) is 6.73. The van der Waals surface area contributed by atoms with Crippen LogP contribution in [-0.4, -0.2) is 17.3 Å². The second kappa shape index (κ2) is 9.64. The molecule has 4 unspecified atom stereocenters. The third-order valence-electron chi connectivity index (χ3n) is 6.95. The lowest BCUT2D eigenvalue weighted by molar-refractivity contribution is -0.124. The molecule has 24 heavy (non-hydrogen) atoms. The van der Waals surface area contributed by atoms with E-state index in [4.69, 9.17) is 0 Å². The lowest BCUT2D eigenvalue weighted by Crippen LogP contribution is -2.36. The van der Waals surface area contributed by atoms with Crippen molar-refractivity contribution in [2.45, 2.75) is 91.9 Å². The molecule has 0 aromatic carbocycles. The van der Waals surface area contributed by atoms with E-state index < -0.39 is 0 Å². The highest BCUT2D eigenvalue weighted by molar-refractivity contribution is 7.99. The Kier molecular flexibility index (Phi) is 8.17. The first-order valence-corrected chi connectivity index (χ1v) is 11.8. The van der Waals surface area contributed by atoms with E-state index in [9.17, 15) is 4.79 Å². The molecule has 0 aromatic rings. The van der Waals surface area contributed by atoms with E-state index in [-0.39, 0.29) is 0 Å². The molecule has 2 heteroatoms. The summed E-state index contributed by atoms with van der Waals surface area (Å²) in [7, 11) is 0. The first-order chi connectivity index (χ1) is 11.6. The number of hydrogen-bond donors (Lipinski definition) is 0. The van der Waals surface area contributed by atoms with E-state index in [1.54, 1.807) is 0 Å². The van der Waals surface area contributed by atoms with E-state index in [0.717, 1.165) is 30.6 Å². The standard InChI is InChI=1S/C20H34OS.C2H6/c1-15-5-4-9-20(2,13-19(21)11-15)18-7-3-6-16(12-18)17-8-10-22-14-17;1-2/h15-18H,3-14H2,1-2H3;1-2H3/t15?,16?,17?,18?,20-;/m0./s1. The Balaban J connectivity index is 0.00000100. The summed E-state index contributed by atoms with van der Waals surface area (Å²) in [5.41, 5.74) is 0.307. The van der Waals surface area contributed by atoms with Gasteiger partial charge in [0, 0.05) is 12.8 Å². The molecular weight excluding hydrogens is 312 g/mol. The predicted octanol–water partition coefficient (Wildman–Crippen LogP) is 6.75. The third kappa shape index (κ3) is 5.26. The number of ketones is 1. The zero-order valence-corrected chi connectivity index (χ0v) is 17.4. The molecule has 3 rings (SSSR count). The summed E-state index contributed by atoms with van der Waals surface area (Å²) >= 11 is 2.16. The van der Waals surface area contributed by atoms with Crippen molar-refractivity contribution >= 4 is 17.5 Å². The number of carbonyl (C=O) groups excluding carboxylic acids is 1.